The maximum Gasteiger partial charge on any atom is 0.227 e. The fraction of sp³-hybridized carbons (Fsp3) is 0.0645. The lowest BCUT2D eigenvalue weighted by Gasteiger charge is -2.09. The number of nitrogens with zero attached hydrogens (tertiary/aromatic N) is 7. The van der Waals surface area contributed by atoms with E-state index in [2.05, 4.69) is 45.5 Å². The molecule has 42 heavy (non-hydrogen) atoms. The van der Waals surface area contributed by atoms with Gasteiger partial charge in [0.15, 0.2) is 0 Å². The summed E-state index contributed by atoms with van der Waals surface area (Å²) in [5.41, 5.74) is 20.1. The van der Waals surface area contributed by atoms with Crippen molar-refractivity contribution in [3.63, 3.8) is 0 Å². The molecule has 6 aromatic rings. The number of nitrogens with one attached hydrogen (secondary N) is 2. The number of aryl methyl sites for hydroxylation is 2. The Bertz CT molecular complexity index is 1650. The van der Waals surface area contributed by atoms with Gasteiger partial charge in [-0.25, -0.2) is 19.9 Å². The molecule has 0 aliphatic rings. The van der Waals surface area contributed by atoms with Crippen LogP contribution in [0, 0.1) is 13.8 Å². The molecule has 0 unspecified atom stereocenters. The van der Waals surface area contributed by atoms with Gasteiger partial charge in [-0.05, 0) is 73.5 Å². The molecule has 0 fully saturated rings. The molecule has 0 radical (unpaired) electrons. The van der Waals surface area contributed by atoms with Crippen LogP contribution < -0.4 is 22.1 Å². The molecule has 6 rings (SSSR count). The summed E-state index contributed by atoms with van der Waals surface area (Å²) < 4.78 is 0. The Morgan fingerprint density at radius 1 is 0.548 bits per heavy atom. The molecule has 4 heterocycles. The first kappa shape index (κ1) is 27.6. The van der Waals surface area contributed by atoms with Crippen molar-refractivity contribution in [2.24, 2.45) is 0 Å². The number of pyridine rings is 1. The Labute approximate surface area is 243 Å². The van der Waals surface area contributed by atoms with E-state index in [1.807, 2.05) is 68.4 Å². The number of nitrogens with two attached hydrogens (primary N) is 2. The topological polar surface area (TPSA) is 166 Å². The van der Waals surface area contributed by atoms with Crippen LogP contribution in [0.4, 0.5) is 34.6 Å². The van der Waals surface area contributed by atoms with Gasteiger partial charge in [-0.15, -0.1) is 0 Å². The zero-order valence-electron chi connectivity index (χ0n) is 23.1. The Morgan fingerprint density at radius 2 is 1.14 bits per heavy atom. The molecule has 6 N–H and O–H groups in total. The SMILES string of the molecule is Cc1ccc(N)cc1Nc1nccc(-c2cccnc2)n1.Cc1ccc(N)cc1Nc1nccc(-c2cnccn2)n1. The normalized spacial score (nSPS) is 10.3. The predicted octanol–water partition coefficient (Wildman–Crippen LogP) is 5.74. The Morgan fingerprint density at radius 3 is 1.71 bits per heavy atom. The predicted molar refractivity (Wildman–Crippen MR) is 166 cm³/mol. The number of aromatic nitrogens is 7. The number of hydrogen-bond acceptors (Lipinski definition) is 11. The number of hydrogen-bond donors (Lipinski definition) is 4. The van der Waals surface area contributed by atoms with E-state index in [1.165, 1.54) is 0 Å². The zero-order valence-corrected chi connectivity index (χ0v) is 23.1. The van der Waals surface area contributed by atoms with Crippen molar-refractivity contribution in [2.45, 2.75) is 13.8 Å². The minimum Gasteiger partial charge on any atom is -0.399 e. The van der Waals surface area contributed by atoms with Crippen molar-refractivity contribution in [1.29, 1.82) is 0 Å². The van der Waals surface area contributed by atoms with Crippen LogP contribution in [-0.2, 0) is 0 Å². The Kier molecular flexibility index (Phi) is 8.49. The Hall–Kier alpha value is -5.97. The van der Waals surface area contributed by atoms with Gasteiger partial charge < -0.3 is 22.1 Å². The molecule has 0 saturated carbocycles. The molecular weight excluding hydrogens is 526 g/mol. The third-order valence-electron chi connectivity index (χ3n) is 6.11. The monoisotopic (exact) mass is 555 g/mol. The quantitative estimate of drug-likeness (QED) is 0.185. The second-order valence-corrected chi connectivity index (χ2v) is 9.26. The van der Waals surface area contributed by atoms with Gasteiger partial charge >= 0.3 is 0 Å². The van der Waals surface area contributed by atoms with Crippen LogP contribution in [0.3, 0.4) is 0 Å². The minimum atomic E-state index is 0.492. The summed E-state index contributed by atoms with van der Waals surface area (Å²) in [5.74, 6) is 1.02. The molecular formula is C31H29N11. The van der Waals surface area contributed by atoms with Crippen LogP contribution >= 0.6 is 0 Å². The molecule has 11 nitrogen and oxygen atoms in total. The van der Waals surface area contributed by atoms with Crippen LogP contribution in [0.15, 0.2) is 104 Å². The smallest absolute Gasteiger partial charge is 0.227 e. The summed E-state index contributed by atoms with van der Waals surface area (Å²) in [5, 5.41) is 6.37. The first-order valence-electron chi connectivity index (χ1n) is 13.0. The first-order chi connectivity index (χ1) is 20.4. The fourth-order valence-corrected chi connectivity index (χ4v) is 3.88. The van der Waals surface area contributed by atoms with Crippen LogP contribution in [0.2, 0.25) is 0 Å². The highest BCUT2D eigenvalue weighted by molar-refractivity contribution is 5.66. The summed E-state index contributed by atoms with van der Waals surface area (Å²) in [7, 11) is 0. The molecule has 0 aliphatic heterocycles. The number of anilines is 6. The van der Waals surface area contributed by atoms with Gasteiger partial charge in [0.2, 0.25) is 11.9 Å². The second-order valence-electron chi connectivity index (χ2n) is 9.26. The number of benzene rings is 2. The zero-order chi connectivity index (χ0) is 29.3. The number of rotatable bonds is 6. The lowest BCUT2D eigenvalue weighted by atomic mass is 10.2. The molecule has 0 bridgehead atoms. The number of nitrogen functional groups attached to an aromatic ring is 2. The molecule has 4 aromatic heterocycles. The molecule has 11 heteroatoms. The largest absolute Gasteiger partial charge is 0.399 e. The van der Waals surface area contributed by atoms with E-state index in [0.717, 1.165) is 33.8 Å². The van der Waals surface area contributed by atoms with Crippen molar-refractivity contribution in [2.75, 3.05) is 22.1 Å². The van der Waals surface area contributed by atoms with Crippen LogP contribution in [0.25, 0.3) is 22.6 Å². The third-order valence-corrected chi connectivity index (χ3v) is 6.11. The van der Waals surface area contributed by atoms with Crippen molar-refractivity contribution >= 4 is 34.6 Å². The van der Waals surface area contributed by atoms with Crippen molar-refractivity contribution in [3.05, 3.63) is 115 Å². The highest BCUT2D eigenvalue weighted by Crippen LogP contribution is 2.24. The average Bonchev–Trinajstić information content (AvgIpc) is 3.02. The molecule has 0 amide bonds. The standard InChI is InChI=1S/C16H15N5.C15H14N6/c1-11-4-5-13(17)9-15(11)21-16-19-8-6-14(20-16)12-3-2-7-18-10-12;1-10-2-3-11(16)8-13(10)21-15-19-5-4-12(20-15)14-9-17-6-7-18-14/h2-10H,17H2,1H3,(H,19,20,21);2-9H,16H2,1H3,(H,19,20,21). The highest BCUT2D eigenvalue weighted by atomic mass is 15.1. The van der Waals surface area contributed by atoms with Crippen LogP contribution in [0.5, 0.6) is 0 Å². The van der Waals surface area contributed by atoms with Gasteiger partial charge in [-0.3, -0.25) is 15.0 Å². The minimum absolute atomic E-state index is 0.492. The van der Waals surface area contributed by atoms with Crippen molar-refractivity contribution < 1.29 is 0 Å². The van der Waals surface area contributed by atoms with Gasteiger partial charge in [-0.2, -0.15) is 0 Å². The average molecular weight is 556 g/mol. The fourth-order valence-electron chi connectivity index (χ4n) is 3.88. The highest BCUT2D eigenvalue weighted by Gasteiger charge is 2.07. The van der Waals surface area contributed by atoms with Gasteiger partial charge in [0, 0.05) is 65.5 Å². The van der Waals surface area contributed by atoms with E-state index in [9.17, 15) is 0 Å². The molecule has 0 saturated heterocycles. The van der Waals surface area contributed by atoms with E-state index in [0.29, 0.717) is 34.7 Å². The van der Waals surface area contributed by atoms with Gasteiger partial charge in [0.05, 0.1) is 17.6 Å². The third kappa shape index (κ3) is 7.16. The van der Waals surface area contributed by atoms with Gasteiger partial charge in [0.1, 0.15) is 5.69 Å². The van der Waals surface area contributed by atoms with E-state index in [1.54, 1.807) is 49.4 Å². The summed E-state index contributed by atoms with van der Waals surface area (Å²) in [6, 6.07) is 18.9. The summed E-state index contributed by atoms with van der Waals surface area (Å²) >= 11 is 0. The summed E-state index contributed by atoms with van der Waals surface area (Å²) in [4.78, 5) is 29.8. The van der Waals surface area contributed by atoms with E-state index in [4.69, 9.17) is 11.5 Å². The molecule has 0 spiro atoms. The molecule has 208 valence electrons. The van der Waals surface area contributed by atoms with Crippen molar-refractivity contribution in [1.82, 2.24) is 34.9 Å². The molecule has 2 aromatic carbocycles. The molecule has 0 aliphatic carbocycles. The first-order valence-corrected chi connectivity index (χ1v) is 13.0. The summed E-state index contributed by atoms with van der Waals surface area (Å²) in [6.07, 6.45) is 11.8. The van der Waals surface area contributed by atoms with Crippen LogP contribution in [0.1, 0.15) is 11.1 Å². The van der Waals surface area contributed by atoms with Crippen LogP contribution in [-0.4, -0.2) is 34.9 Å². The molecule has 0 atom stereocenters. The maximum absolute atomic E-state index is 5.81. The van der Waals surface area contributed by atoms with Crippen molar-refractivity contribution in [3.8, 4) is 22.6 Å². The van der Waals surface area contributed by atoms with E-state index < -0.39 is 0 Å². The van der Waals surface area contributed by atoms with E-state index >= 15 is 0 Å². The lowest BCUT2D eigenvalue weighted by molar-refractivity contribution is 1.13. The van der Waals surface area contributed by atoms with E-state index in [-0.39, 0.29) is 0 Å². The maximum atomic E-state index is 5.81. The Balaban J connectivity index is 0.000000168. The van der Waals surface area contributed by atoms with Gasteiger partial charge in [0.25, 0.3) is 0 Å². The second kappa shape index (κ2) is 12.9. The summed E-state index contributed by atoms with van der Waals surface area (Å²) in [6.45, 7) is 4.00. The lowest BCUT2D eigenvalue weighted by Crippen LogP contribution is -2.00. The van der Waals surface area contributed by atoms with Gasteiger partial charge in [-0.1, -0.05) is 12.1 Å².